The molecule has 0 aliphatic carbocycles. The van der Waals surface area contributed by atoms with Gasteiger partial charge >= 0.3 is 0 Å². The van der Waals surface area contributed by atoms with Crippen molar-refractivity contribution in [1.29, 1.82) is 0 Å². The molecule has 1 aliphatic rings. The summed E-state index contributed by atoms with van der Waals surface area (Å²) in [5, 5.41) is 9.49. The molecule has 0 atom stereocenters. The predicted octanol–water partition coefficient (Wildman–Crippen LogP) is -0.140. The van der Waals surface area contributed by atoms with Crippen LogP contribution < -0.4 is 4.90 Å². The Morgan fingerprint density at radius 3 is 2.50 bits per heavy atom. The second-order valence-electron chi connectivity index (χ2n) is 3.79. The van der Waals surface area contributed by atoms with Gasteiger partial charge in [-0.05, 0) is 6.92 Å². The first kappa shape index (κ1) is 9.08. The van der Waals surface area contributed by atoms with E-state index in [0.717, 1.165) is 0 Å². The van der Waals surface area contributed by atoms with Gasteiger partial charge in [-0.1, -0.05) is 0 Å². The number of hydrogen-bond acceptors (Lipinski definition) is 5. The number of rotatable bonds is 2. The first-order chi connectivity index (χ1) is 6.61. The van der Waals surface area contributed by atoms with Gasteiger partial charge in [0.2, 0.25) is 5.95 Å². The quantitative estimate of drug-likeness (QED) is 0.662. The fourth-order valence-electron chi connectivity index (χ4n) is 1.47. The van der Waals surface area contributed by atoms with E-state index in [2.05, 4.69) is 9.97 Å². The Morgan fingerprint density at radius 1 is 1.50 bits per heavy atom. The van der Waals surface area contributed by atoms with Crippen LogP contribution in [0.5, 0.6) is 0 Å². The third kappa shape index (κ3) is 1.58. The first-order valence-corrected chi connectivity index (χ1v) is 4.35. The number of aromatic nitrogens is 2. The van der Waals surface area contributed by atoms with Crippen molar-refractivity contribution in [3.8, 4) is 0 Å². The van der Waals surface area contributed by atoms with E-state index >= 15 is 0 Å². The number of carbonyl (C=O) groups is 1. The molecule has 0 radical (unpaired) electrons. The van der Waals surface area contributed by atoms with Crippen LogP contribution in [0.1, 0.15) is 17.3 Å². The summed E-state index contributed by atoms with van der Waals surface area (Å²) in [5.41, 5.74) is -0.173. The van der Waals surface area contributed by atoms with Crippen LogP contribution in [-0.2, 0) is 0 Å². The molecule has 1 aromatic rings. The molecule has 2 rings (SSSR count). The number of anilines is 1. The molecule has 0 unspecified atom stereocenters. The van der Waals surface area contributed by atoms with Gasteiger partial charge in [-0.25, -0.2) is 9.97 Å². The van der Waals surface area contributed by atoms with E-state index in [-0.39, 0.29) is 0 Å². The molecular weight excluding hydrogens is 182 g/mol. The Bertz CT molecular complexity index is 340. The second kappa shape index (κ2) is 3.02. The van der Waals surface area contributed by atoms with Crippen molar-refractivity contribution in [2.75, 3.05) is 18.0 Å². The van der Waals surface area contributed by atoms with E-state index in [1.54, 1.807) is 6.92 Å². The van der Waals surface area contributed by atoms with Crippen molar-refractivity contribution in [2.45, 2.75) is 12.5 Å². The summed E-state index contributed by atoms with van der Waals surface area (Å²) in [5.74, 6) is 0.558. The first-order valence-electron chi connectivity index (χ1n) is 4.35. The fraction of sp³-hybridized carbons (Fsp3) is 0.444. The highest BCUT2D eigenvalue weighted by atomic mass is 16.3. The summed E-state index contributed by atoms with van der Waals surface area (Å²) >= 11 is 0. The van der Waals surface area contributed by atoms with E-state index in [9.17, 15) is 9.90 Å². The van der Waals surface area contributed by atoms with Crippen LogP contribution in [0, 0.1) is 0 Å². The topological polar surface area (TPSA) is 66.3 Å². The van der Waals surface area contributed by atoms with Crippen molar-refractivity contribution in [2.24, 2.45) is 0 Å². The number of carbonyl (C=O) groups excluding carboxylic acids is 1. The summed E-state index contributed by atoms with van der Waals surface area (Å²) in [6.45, 7) is 2.84. The predicted molar refractivity (Wildman–Crippen MR) is 50.3 cm³/mol. The lowest BCUT2D eigenvalue weighted by Gasteiger charge is -2.44. The minimum Gasteiger partial charge on any atom is -0.386 e. The molecule has 2 heterocycles. The average molecular weight is 193 g/mol. The van der Waals surface area contributed by atoms with Crippen LogP contribution in [0.4, 0.5) is 5.95 Å². The number of β-amino-alcohol motifs (C(OH)–C–C–N with tert-alkyl or cyclic N) is 1. The molecule has 0 spiro atoms. The number of nitrogens with zero attached hydrogens (tertiary/aromatic N) is 3. The molecule has 0 amide bonds. The second-order valence-corrected chi connectivity index (χ2v) is 3.79. The molecule has 5 heteroatoms. The van der Waals surface area contributed by atoms with Crippen molar-refractivity contribution < 1.29 is 9.90 Å². The summed E-state index contributed by atoms with van der Waals surface area (Å²) in [6.07, 6.45) is 3.65. The largest absolute Gasteiger partial charge is 0.386 e. The van der Waals surface area contributed by atoms with Crippen molar-refractivity contribution in [1.82, 2.24) is 9.97 Å². The molecule has 0 saturated carbocycles. The lowest BCUT2D eigenvalue weighted by molar-refractivity contribution is 0.0299. The third-order valence-corrected chi connectivity index (χ3v) is 2.14. The minimum absolute atomic E-state index is 0.459. The molecule has 0 aromatic carbocycles. The van der Waals surface area contributed by atoms with E-state index in [0.29, 0.717) is 30.9 Å². The number of hydrogen-bond donors (Lipinski definition) is 1. The van der Waals surface area contributed by atoms with Crippen LogP contribution in [0.2, 0.25) is 0 Å². The summed E-state index contributed by atoms with van der Waals surface area (Å²) in [6, 6.07) is 0. The summed E-state index contributed by atoms with van der Waals surface area (Å²) in [4.78, 5) is 20.2. The minimum atomic E-state index is -0.632. The molecule has 5 nitrogen and oxygen atoms in total. The molecular formula is C9H11N3O2. The monoisotopic (exact) mass is 193 g/mol. The summed E-state index contributed by atoms with van der Waals surface area (Å²) < 4.78 is 0. The van der Waals surface area contributed by atoms with E-state index in [4.69, 9.17) is 0 Å². The lowest BCUT2D eigenvalue weighted by Crippen LogP contribution is -2.60. The molecule has 1 N–H and O–H groups in total. The third-order valence-electron chi connectivity index (χ3n) is 2.14. The van der Waals surface area contributed by atoms with Crippen molar-refractivity contribution in [3.63, 3.8) is 0 Å². The van der Waals surface area contributed by atoms with Gasteiger partial charge in [0, 0.05) is 12.4 Å². The highest BCUT2D eigenvalue weighted by Gasteiger charge is 2.37. The lowest BCUT2D eigenvalue weighted by atomic mass is 9.98. The van der Waals surface area contributed by atoms with Crippen molar-refractivity contribution in [3.05, 3.63) is 18.0 Å². The van der Waals surface area contributed by atoms with Crippen LogP contribution in [-0.4, -0.2) is 40.1 Å². The smallest absolute Gasteiger partial charge is 0.225 e. The van der Waals surface area contributed by atoms with Crippen molar-refractivity contribution >= 4 is 12.2 Å². The summed E-state index contributed by atoms with van der Waals surface area (Å²) in [7, 11) is 0. The highest BCUT2D eigenvalue weighted by Crippen LogP contribution is 2.23. The molecule has 14 heavy (non-hydrogen) atoms. The molecule has 1 aromatic heterocycles. The van der Waals surface area contributed by atoms with Gasteiger partial charge in [-0.3, -0.25) is 4.79 Å². The van der Waals surface area contributed by atoms with Gasteiger partial charge in [-0.2, -0.15) is 0 Å². The SMILES string of the molecule is CC1(O)CN(c2ncc(C=O)cn2)C1. The molecule has 1 aliphatic heterocycles. The Kier molecular flexibility index (Phi) is 1.96. The van der Waals surface area contributed by atoms with Crippen LogP contribution in [0.15, 0.2) is 12.4 Å². The zero-order valence-corrected chi connectivity index (χ0v) is 7.84. The maximum atomic E-state index is 10.3. The maximum absolute atomic E-state index is 10.3. The zero-order chi connectivity index (χ0) is 10.2. The van der Waals surface area contributed by atoms with Crippen LogP contribution >= 0.6 is 0 Å². The van der Waals surface area contributed by atoms with Gasteiger partial charge in [0.15, 0.2) is 6.29 Å². The van der Waals surface area contributed by atoms with E-state index in [1.165, 1.54) is 12.4 Å². The Balaban J connectivity index is 2.08. The average Bonchev–Trinajstić information content (AvgIpc) is 2.14. The Labute approximate surface area is 81.4 Å². The fourth-order valence-corrected chi connectivity index (χ4v) is 1.47. The zero-order valence-electron chi connectivity index (χ0n) is 7.84. The van der Waals surface area contributed by atoms with E-state index in [1.807, 2.05) is 4.90 Å². The Morgan fingerprint density at radius 2 is 2.07 bits per heavy atom. The Hall–Kier alpha value is -1.49. The molecule has 1 saturated heterocycles. The number of aliphatic hydroxyl groups is 1. The standard InChI is InChI=1S/C9H11N3O2/c1-9(14)5-12(6-9)8-10-2-7(4-13)3-11-8/h2-4,14H,5-6H2,1H3. The maximum Gasteiger partial charge on any atom is 0.225 e. The van der Waals surface area contributed by atoms with Gasteiger partial charge in [0.1, 0.15) is 0 Å². The molecule has 1 fully saturated rings. The van der Waals surface area contributed by atoms with Gasteiger partial charge < -0.3 is 10.0 Å². The van der Waals surface area contributed by atoms with Gasteiger partial charge in [0.05, 0.1) is 24.3 Å². The van der Waals surface area contributed by atoms with Crippen LogP contribution in [0.3, 0.4) is 0 Å². The highest BCUT2D eigenvalue weighted by molar-refractivity contribution is 5.73. The van der Waals surface area contributed by atoms with E-state index < -0.39 is 5.60 Å². The van der Waals surface area contributed by atoms with Gasteiger partial charge in [-0.15, -0.1) is 0 Å². The molecule has 74 valence electrons. The number of aldehydes is 1. The molecule has 0 bridgehead atoms. The van der Waals surface area contributed by atoms with Crippen LogP contribution in [0.25, 0.3) is 0 Å². The van der Waals surface area contributed by atoms with Gasteiger partial charge in [0.25, 0.3) is 0 Å². The normalized spacial score (nSPS) is 18.9.